The van der Waals surface area contributed by atoms with Crippen LogP contribution in [0.3, 0.4) is 0 Å². The number of hydrogen-bond donors (Lipinski definition) is 1. The number of rotatable bonds is 2. The minimum absolute atomic E-state index is 0.0808. The molecule has 2 rings (SSSR count). The van der Waals surface area contributed by atoms with Crippen LogP contribution in [0.2, 0.25) is 0 Å². The normalized spacial score (nSPS) is 18.8. The van der Waals surface area contributed by atoms with E-state index in [1.807, 2.05) is 0 Å². The number of nitrogens with two attached hydrogens (primary N) is 1. The molecule has 1 aliphatic heterocycles. The first-order chi connectivity index (χ1) is 7.89. The van der Waals surface area contributed by atoms with E-state index in [4.69, 9.17) is 10.7 Å². The lowest BCUT2D eigenvalue weighted by Crippen LogP contribution is -2.19. The van der Waals surface area contributed by atoms with Crippen LogP contribution in [0.15, 0.2) is 0 Å². The second-order valence-corrected chi connectivity index (χ2v) is 6.95. The van der Waals surface area contributed by atoms with Gasteiger partial charge in [-0.3, -0.25) is 0 Å². The van der Waals surface area contributed by atoms with Gasteiger partial charge in [0.25, 0.3) is 0 Å². The van der Waals surface area contributed by atoms with Gasteiger partial charge < -0.3 is 10.6 Å². The summed E-state index contributed by atoms with van der Waals surface area (Å²) in [6.45, 7) is 11.0. The standard InChI is InChI=1S/C13H23N3S/c1-9(14)10-11(13(2,3)4)15-12(17-10)16-7-5-6-8-16/h9H,5-8,14H2,1-4H3. The van der Waals surface area contributed by atoms with Crippen LogP contribution < -0.4 is 10.6 Å². The molecule has 1 fully saturated rings. The van der Waals surface area contributed by atoms with Gasteiger partial charge in [0.15, 0.2) is 5.13 Å². The van der Waals surface area contributed by atoms with Gasteiger partial charge in [-0.05, 0) is 19.8 Å². The van der Waals surface area contributed by atoms with Crippen LogP contribution in [0, 0.1) is 0 Å². The zero-order valence-electron chi connectivity index (χ0n) is 11.3. The van der Waals surface area contributed by atoms with Crippen LogP contribution in [-0.4, -0.2) is 18.1 Å². The van der Waals surface area contributed by atoms with Crippen molar-refractivity contribution in [3.8, 4) is 0 Å². The number of hydrogen-bond acceptors (Lipinski definition) is 4. The second kappa shape index (κ2) is 4.58. The van der Waals surface area contributed by atoms with Crippen molar-refractivity contribution in [3.63, 3.8) is 0 Å². The largest absolute Gasteiger partial charge is 0.348 e. The summed E-state index contributed by atoms with van der Waals surface area (Å²) in [6.07, 6.45) is 2.58. The van der Waals surface area contributed by atoms with Crippen molar-refractivity contribution in [1.82, 2.24) is 4.98 Å². The van der Waals surface area contributed by atoms with Crippen molar-refractivity contribution in [2.45, 2.75) is 52.0 Å². The topological polar surface area (TPSA) is 42.1 Å². The lowest BCUT2D eigenvalue weighted by atomic mass is 9.90. The molecule has 2 heterocycles. The smallest absolute Gasteiger partial charge is 0.185 e. The van der Waals surface area contributed by atoms with E-state index in [2.05, 4.69) is 32.6 Å². The molecule has 1 aliphatic rings. The third-order valence-corrected chi connectivity index (χ3v) is 4.46. The summed E-state index contributed by atoms with van der Waals surface area (Å²) < 4.78 is 0. The van der Waals surface area contributed by atoms with E-state index >= 15 is 0 Å². The molecular formula is C13H23N3S. The third kappa shape index (κ3) is 2.63. The van der Waals surface area contributed by atoms with Gasteiger partial charge >= 0.3 is 0 Å². The average Bonchev–Trinajstić information content (AvgIpc) is 2.85. The molecule has 2 N–H and O–H groups in total. The number of anilines is 1. The molecule has 0 saturated carbocycles. The van der Waals surface area contributed by atoms with Crippen molar-refractivity contribution in [3.05, 3.63) is 10.6 Å². The molecule has 17 heavy (non-hydrogen) atoms. The molecule has 1 unspecified atom stereocenters. The highest BCUT2D eigenvalue weighted by Crippen LogP contribution is 2.37. The van der Waals surface area contributed by atoms with E-state index in [1.165, 1.54) is 28.5 Å². The van der Waals surface area contributed by atoms with Crippen LogP contribution in [0.25, 0.3) is 0 Å². The molecule has 4 heteroatoms. The highest BCUT2D eigenvalue weighted by Gasteiger charge is 2.27. The lowest BCUT2D eigenvalue weighted by molar-refractivity contribution is 0.560. The number of nitrogens with zero attached hydrogens (tertiary/aromatic N) is 2. The van der Waals surface area contributed by atoms with Crippen molar-refractivity contribution in [2.24, 2.45) is 5.73 Å². The maximum absolute atomic E-state index is 6.08. The second-order valence-electron chi connectivity index (χ2n) is 5.94. The van der Waals surface area contributed by atoms with Gasteiger partial charge in [-0.2, -0.15) is 0 Å². The highest BCUT2D eigenvalue weighted by molar-refractivity contribution is 7.15. The maximum atomic E-state index is 6.08. The molecule has 1 atom stereocenters. The zero-order chi connectivity index (χ0) is 12.6. The molecule has 0 radical (unpaired) electrons. The predicted molar refractivity (Wildman–Crippen MR) is 74.9 cm³/mol. The van der Waals surface area contributed by atoms with Gasteiger partial charge in [-0.15, -0.1) is 0 Å². The summed E-state index contributed by atoms with van der Waals surface area (Å²) in [5, 5.41) is 1.17. The Hall–Kier alpha value is -0.610. The van der Waals surface area contributed by atoms with E-state index in [0.29, 0.717) is 0 Å². The fourth-order valence-corrected chi connectivity index (χ4v) is 3.49. The minimum atomic E-state index is 0.0808. The summed E-state index contributed by atoms with van der Waals surface area (Å²) in [7, 11) is 0. The summed E-state index contributed by atoms with van der Waals surface area (Å²) in [5.74, 6) is 0. The van der Waals surface area contributed by atoms with Gasteiger partial charge in [0.1, 0.15) is 0 Å². The quantitative estimate of drug-likeness (QED) is 0.881. The first-order valence-corrected chi connectivity index (χ1v) is 7.23. The average molecular weight is 253 g/mol. The van der Waals surface area contributed by atoms with E-state index < -0.39 is 0 Å². The van der Waals surface area contributed by atoms with E-state index in [1.54, 1.807) is 11.3 Å². The van der Waals surface area contributed by atoms with Crippen molar-refractivity contribution < 1.29 is 0 Å². The monoisotopic (exact) mass is 253 g/mol. The van der Waals surface area contributed by atoms with Crippen molar-refractivity contribution in [2.75, 3.05) is 18.0 Å². The molecule has 0 spiro atoms. The van der Waals surface area contributed by atoms with Crippen LogP contribution in [-0.2, 0) is 5.41 Å². The summed E-state index contributed by atoms with van der Waals surface area (Å²) in [6, 6.07) is 0.0816. The molecule has 0 bridgehead atoms. The SMILES string of the molecule is CC(N)c1sc(N2CCCC2)nc1C(C)(C)C. The Morgan fingerprint density at radius 1 is 1.29 bits per heavy atom. The molecule has 1 aromatic heterocycles. The summed E-state index contributed by atoms with van der Waals surface area (Å²) >= 11 is 1.78. The molecule has 0 aliphatic carbocycles. The summed E-state index contributed by atoms with van der Waals surface area (Å²) in [4.78, 5) is 8.49. The van der Waals surface area contributed by atoms with Gasteiger partial charge in [-0.25, -0.2) is 4.98 Å². The molecule has 96 valence electrons. The highest BCUT2D eigenvalue weighted by atomic mass is 32.1. The minimum Gasteiger partial charge on any atom is -0.348 e. The van der Waals surface area contributed by atoms with Gasteiger partial charge in [0.05, 0.1) is 5.69 Å². The Balaban J connectivity index is 2.37. The van der Waals surface area contributed by atoms with E-state index in [-0.39, 0.29) is 11.5 Å². The zero-order valence-corrected chi connectivity index (χ0v) is 12.1. The maximum Gasteiger partial charge on any atom is 0.185 e. The Morgan fingerprint density at radius 3 is 2.29 bits per heavy atom. The van der Waals surface area contributed by atoms with Crippen molar-refractivity contribution in [1.29, 1.82) is 0 Å². The fraction of sp³-hybridized carbons (Fsp3) is 0.769. The van der Waals surface area contributed by atoms with E-state index in [9.17, 15) is 0 Å². The third-order valence-electron chi connectivity index (χ3n) is 3.14. The lowest BCUT2D eigenvalue weighted by Gasteiger charge is -2.19. The Kier molecular flexibility index (Phi) is 3.46. The molecule has 1 aromatic rings. The Morgan fingerprint density at radius 2 is 1.88 bits per heavy atom. The van der Waals surface area contributed by atoms with Gasteiger partial charge in [0.2, 0.25) is 0 Å². The first-order valence-electron chi connectivity index (χ1n) is 6.41. The Bertz CT molecular complexity index is 384. The molecule has 1 saturated heterocycles. The number of thiazole rings is 1. The van der Waals surface area contributed by atoms with Crippen molar-refractivity contribution >= 4 is 16.5 Å². The molecule has 0 amide bonds. The molecule has 0 aromatic carbocycles. The summed E-state index contributed by atoms with van der Waals surface area (Å²) in [5.41, 5.74) is 7.34. The van der Waals surface area contributed by atoms with Crippen LogP contribution in [0.1, 0.15) is 57.1 Å². The fourth-order valence-electron chi connectivity index (χ4n) is 2.21. The number of aromatic nitrogens is 1. The van der Waals surface area contributed by atoms with Crippen LogP contribution in [0.4, 0.5) is 5.13 Å². The Labute approximate surface area is 108 Å². The molecule has 3 nitrogen and oxygen atoms in total. The van der Waals surface area contributed by atoms with Crippen LogP contribution in [0.5, 0.6) is 0 Å². The predicted octanol–water partition coefficient (Wildman–Crippen LogP) is 3.06. The van der Waals surface area contributed by atoms with Crippen LogP contribution >= 0.6 is 11.3 Å². The van der Waals surface area contributed by atoms with E-state index in [0.717, 1.165) is 13.1 Å². The molecular weight excluding hydrogens is 230 g/mol. The van der Waals surface area contributed by atoms with Gasteiger partial charge in [-0.1, -0.05) is 32.1 Å². The first kappa shape index (κ1) is 12.8. The van der Waals surface area contributed by atoms with Gasteiger partial charge in [0, 0.05) is 29.4 Å².